The highest BCUT2D eigenvalue weighted by molar-refractivity contribution is 7.93. The summed E-state index contributed by atoms with van der Waals surface area (Å²) in [6.45, 7) is 0.0998. The summed E-state index contributed by atoms with van der Waals surface area (Å²) in [7, 11) is -6.83. The third kappa shape index (κ3) is 4.01. The van der Waals surface area contributed by atoms with Crippen LogP contribution in [0.3, 0.4) is 0 Å². The Labute approximate surface area is 190 Å². The van der Waals surface area contributed by atoms with Crippen LogP contribution in [-0.2, 0) is 26.9 Å². The number of nitrogens with zero attached hydrogens (tertiary/aromatic N) is 5. The molecule has 0 bridgehead atoms. The highest BCUT2D eigenvalue weighted by atomic mass is 32.2. The van der Waals surface area contributed by atoms with Crippen LogP contribution in [0.5, 0.6) is 0 Å². The van der Waals surface area contributed by atoms with Crippen LogP contribution in [-0.4, -0.2) is 51.2 Å². The molecule has 0 aliphatic carbocycles. The first kappa shape index (κ1) is 23.0. The molecule has 2 aromatic carbocycles. The molecule has 0 radical (unpaired) electrons. The van der Waals surface area contributed by atoms with E-state index < -0.39 is 29.7 Å². The van der Waals surface area contributed by atoms with Gasteiger partial charge < -0.3 is 16.0 Å². The largest absolute Gasteiger partial charge is 0.369 e. The first-order valence-corrected chi connectivity index (χ1v) is 13.0. The number of hydrogen-bond acceptors (Lipinski definition) is 10. The molecule has 4 rings (SSSR count). The van der Waals surface area contributed by atoms with Crippen molar-refractivity contribution in [3.8, 4) is 11.1 Å². The molecule has 33 heavy (non-hydrogen) atoms. The SMILES string of the molecule is Cn1c(N)nc2c(-c3ccc(S(=O)(=O)CCCN)c(S(N)(=O)=O)c3C3=NCN=N3)cccc21. The van der Waals surface area contributed by atoms with Crippen LogP contribution in [0.2, 0.25) is 0 Å². The van der Waals surface area contributed by atoms with Gasteiger partial charge in [-0.05, 0) is 30.7 Å². The Morgan fingerprint density at radius 3 is 2.48 bits per heavy atom. The van der Waals surface area contributed by atoms with Gasteiger partial charge in [-0.2, -0.15) is 5.11 Å². The zero-order valence-corrected chi connectivity index (χ0v) is 19.3. The minimum Gasteiger partial charge on any atom is -0.369 e. The Balaban J connectivity index is 2.13. The standard InChI is InChI=1S/C19H22N8O4S2/c1-27-13-5-2-4-12(16(13)25-19(27)21)11-6-7-14(32(28,29)9-3-8-20)17(33(22,30)31)15(11)18-23-10-24-26-18/h2,4-7H,3,8-10,20H2,1H3,(H2,21,25)(H2,22,30,31). The quantitative estimate of drug-likeness (QED) is 0.433. The van der Waals surface area contributed by atoms with E-state index in [1.54, 1.807) is 29.8 Å². The Morgan fingerprint density at radius 1 is 1.09 bits per heavy atom. The molecular weight excluding hydrogens is 468 g/mol. The number of hydrogen-bond donors (Lipinski definition) is 3. The number of azo groups is 1. The fourth-order valence-corrected chi connectivity index (χ4v) is 6.72. The highest BCUT2D eigenvalue weighted by Crippen LogP contribution is 2.38. The first-order valence-electron chi connectivity index (χ1n) is 9.82. The first-order chi connectivity index (χ1) is 15.6. The van der Waals surface area contributed by atoms with E-state index in [1.807, 2.05) is 0 Å². The summed E-state index contributed by atoms with van der Waals surface area (Å²) in [4.78, 5) is 7.53. The van der Waals surface area contributed by atoms with Crippen LogP contribution in [0.1, 0.15) is 12.0 Å². The minimum atomic E-state index is -4.54. The van der Waals surface area contributed by atoms with Crippen molar-refractivity contribution in [2.24, 2.45) is 33.1 Å². The summed E-state index contributed by atoms with van der Waals surface area (Å²) >= 11 is 0. The molecule has 0 fully saturated rings. The van der Waals surface area contributed by atoms with Gasteiger partial charge in [0.1, 0.15) is 4.90 Å². The van der Waals surface area contributed by atoms with Crippen LogP contribution in [0.4, 0.5) is 5.95 Å². The maximum Gasteiger partial charge on any atom is 0.240 e. The molecule has 1 aliphatic heterocycles. The summed E-state index contributed by atoms with van der Waals surface area (Å²) in [6, 6.07) is 8.00. The zero-order valence-electron chi connectivity index (χ0n) is 17.6. The van der Waals surface area contributed by atoms with Crippen LogP contribution in [0, 0.1) is 0 Å². The molecule has 0 amide bonds. The lowest BCUT2D eigenvalue weighted by molar-refractivity contribution is 0.582. The number of para-hydroxylation sites is 1. The molecule has 14 heteroatoms. The maximum absolute atomic E-state index is 13.0. The second kappa shape index (κ2) is 8.30. The van der Waals surface area contributed by atoms with Gasteiger partial charge >= 0.3 is 0 Å². The number of nitrogen functional groups attached to an aromatic ring is 1. The summed E-state index contributed by atoms with van der Waals surface area (Å²) < 4.78 is 53.3. The van der Waals surface area contributed by atoms with Gasteiger partial charge in [0.2, 0.25) is 16.0 Å². The number of sulfonamides is 1. The lowest BCUT2D eigenvalue weighted by atomic mass is 9.97. The van der Waals surface area contributed by atoms with Gasteiger partial charge in [-0.3, -0.25) is 0 Å². The number of anilines is 1. The van der Waals surface area contributed by atoms with Gasteiger partial charge in [-0.1, -0.05) is 18.2 Å². The van der Waals surface area contributed by atoms with Gasteiger partial charge in [-0.25, -0.2) is 32.0 Å². The number of imidazole rings is 1. The third-order valence-corrected chi connectivity index (χ3v) is 8.23. The number of benzene rings is 2. The fraction of sp³-hybridized carbons (Fsp3) is 0.263. The molecule has 0 spiro atoms. The molecule has 1 aromatic heterocycles. The molecule has 174 valence electrons. The van der Waals surface area contributed by atoms with E-state index in [-0.39, 0.29) is 42.7 Å². The molecule has 0 saturated carbocycles. The van der Waals surface area contributed by atoms with Crippen molar-refractivity contribution in [1.29, 1.82) is 0 Å². The number of nitrogens with two attached hydrogens (primary N) is 3. The van der Waals surface area contributed by atoms with Crippen molar-refractivity contribution in [1.82, 2.24) is 9.55 Å². The number of sulfone groups is 1. The molecule has 0 atom stereocenters. The minimum absolute atomic E-state index is 0.0241. The van der Waals surface area contributed by atoms with Crippen LogP contribution >= 0.6 is 0 Å². The normalized spacial score (nSPS) is 14.2. The van der Waals surface area contributed by atoms with E-state index in [9.17, 15) is 16.8 Å². The van der Waals surface area contributed by atoms with Crippen LogP contribution in [0.15, 0.2) is 55.3 Å². The van der Waals surface area contributed by atoms with Crippen LogP contribution in [0.25, 0.3) is 22.2 Å². The Hall–Kier alpha value is -3.20. The Kier molecular flexibility index (Phi) is 5.78. The van der Waals surface area contributed by atoms with Crippen molar-refractivity contribution in [3.05, 3.63) is 35.9 Å². The summed E-state index contributed by atoms with van der Waals surface area (Å²) in [5.74, 6) is -0.124. The summed E-state index contributed by atoms with van der Waals surface area (Å²) in [5.41, 5.74) is 13.4. The van der Waals surface area contributed by atoms with E-state index in [0.717, 1.165) is 0 Å². The average Bonchev–Trinajstić information content (AvgIpc) is 3.39. The highest BCUT2D eigenvalue weighted by Gasteiger charge is 2.33. The number of fused-ring (bicyclic) bond motifs is 1. The molecule has 12 nitrogen and oxygen atoms in total. The summed E-state index contributed by atoms with van der Waals surface area (Å²) in [5, 5.41) is 13.3. The molecule has 6 N–H and O–H groups in total. The van der Waals surface area contributed by atoms with Gasteiger partial charge in [-0.15, -0.1) is 5.11 Å². The van der Waals surface area contributed by atoms with Gasteiger partial charge in [0, 0.05) is 12.6 Å². The predicted molar refractivity (Wildman–Crippen MR) is 124 cm³/mol. The van der Waals surface area contributed by atoms with Gasteiger partial charge in [0.05, 0.1) is 27.2 Å². The number of rotatable bonds is 7. The number of aliphatic imine (C=N–C) groups is 1. The molecule has 3 aromatic rings. The molecule has 0 saturated heterocycles. The number of aryl methyl sites for hydroxylation is 1. The third-order valence-electron chi connectivity index (χ3n) is 5.27. The second-order valence-electron chi connectivity index (χ2n) is 7.39. The van der Waals surface area contributed by atoms with Crippen molar-refractivity contribution in [3.63, 3.8) is 0 Å². The lowest BCUT2D eigenvalue weighted by Crippen LogP contribution is -2.23. The Morgan fingerprint density at radius 2 is 1.85 bits per heavy atom. The van der Waals surface area contributed by atoms with Crippen molar-refractivity contribution in [2.75, 3.05) is 24.7 Å². The number of primary sulfonamides is 1. The topological polar surface area (TPSA) is 201 Å². The van der Waals surface area contributed by atoms with Gasteiger partial charge in [0.15, 0.2) is 22.3 Å². The van der Waals surface area contributed by atoms with E-state index in [2.05, 4.69) is 20.2 Å². The van der Waals surface area contributed by atoms with Crippen molar-refractivity contribution >= 4 is 42.7 Å². The van der Waals surface area contributed by atoms with Gasteiger partial charge in [0.25, 0.3) is 0 Å². The van der Waals surface area contributed by atoms with Crippen LogP contribution < -0.4 is 16.6 Å². The summed E-state index contributed by atoms with van der Waals surface area (Å²) in [6.07, 6.45) is 0.149. The average molecular weight is 491 g/mol. The lowest BCUT2D eigenvalue weighted by Gasteiger charge is -2.17. The molecule has 2 heterocycles. The van der Waals surface area contributed by atoms with E-state index in [0.29, 0.717) is 22.2 Å². The van der Waals surface area contributed by atoms with Crippen molar-refractivity contribution < 1.29 is 16.8 Å². The number of amidine groups is 1. The predicted octanol–water partition coefficient (Wildman–Crippen LogP) is 0.762. The molecule has 0 unspecified atom stereocenters. The van der Waals surface area contributed by atoms with Crippen molar-refractivity contribution in [2.45, 2.75) is 16.2 Å². The Bertz CT molecular complexity index is 1540. The monoisotopic (exact) mass is 490 g/mol. The molecule has 1 aliphatic rings. The fourth-order valence-electron chi connectivity index (χ4n) is 3.73. The second-order valence-corrected chi connectivity index (χ2v) is 11.0. The maximum atomic E-state index is 13.0. The molecular formula is C19H22N8O4S2. The number of aromatic nitrogens is 2. The van der Waals surface area contributed by atoms with E-state index in [4.69, 9.17) is 16.6 Å². The zero-order chi connectivity index (χ0) is 24.0. The van der Waals surface area contributed by atoms with E-state index in [1.165, 1.54) is 12.1 Å². The van der Waals surface area contributed by atoms with E-state index >= 15 is 0 Å². The smallest absolute Gasteiger partial charge is 0.240 e.